The van der Waals surface area contributed by atoms with Crippen LogP contribution in [0.15, 0.2) is 36.9 Å². The molecule has 5 heteroatoms. The van der Waals surface area contributed by atoms with Gasteiger partial charge in [-0.15, -0.1) is 0 Å². The fourth-order valence-corrected chi connectivity index (χ4v) is 1.22. The van der Waals surface area contributed by atoms with Crippen LogP contribution in [0, 0.1) is 6.92 Å². The van der Waals surface area contributed by atoms with Crippen LogP contribution in [0.5, 0.6) is 6.01 Å². The van der Waals surface area contributed by atoms with E-state index in [0.717, 1.165) is 5.56 Å². The van der Waals surface area contributed by atoms with Crippen molar-refractivity contribution in [3.63, 3.8) is 0 Å². The van der Waals surface area contributed by atoms with E-state index in [4.69, 9.17) is 4.74 Å². The van der Waals surface area contributed by atoms with Crippen LogP contribution in [-0.4, -0.2) is 20.9 Å². The summed E-state index contributed by atoms with van der Waals surface area (Å²) in [5.74, 6) is -0.468. The highest BCUT2D eigenvalue weighted by atomic mass is 16.5. The third-order valence-corrected chi connectivity index (χ3v) is 2.02. The molecule has 0 unspecified atom stereocenters. The molecule has 2 rings (SSSR count). The summed E-state index contributed by atoms with van der Waals surface area (Å²) in [4.78, 5) is 22.8. The number of ether oxygens (including phenoxy) is 1. The first-order valence-electron chi connectivity index (χ1n) is 4.67. The summed E-state index contributed by atoms with van der Waals surface area (Å²) in [6.07, 6.45) is 2.54. The first kappa shape index (κ1) is 10.2. The molecule has 1 aromatic carbocycles. The maximum Gasteiger partial charge on any atom is 0.346 e. The van der Waals surface area contributed by atoms with Crippen molar-refractivity contribution < 1.29 is 9.53 Å². The Morgan fingerprint density at radius 2 is 1.88 bits per heavy atom. The van der Waals surface area contributed by atoms with Crippen LogP contribution in [0.4, 0.5) is 0 Å². The summed E-state index contributed by atoms with van der Waals surface area (Å²) in [5, 5.41) is 0. The van der Waals surface area contributed by atoms with Gasteiger partial charge in [0.25, 0.3) is 0 Å². The molecule has 2 aromatic rings. The average Bonchev–Trinajstić information content (AvgIpc) is 2.31. The van der Waals surface area contributed by atoms with E-state index in [9.17, 15) is 4.79 Å². The van der Waals surface area contributed by atoms with Gasteiger partial charge in [-0.3, -0.25) is 0 Å². The second-order valence-electron chi connectivity index (χ2n) is 3.13. The van der Waals surface area contributed by atoms with Crippen molar-refractivity contribution in [1.82, 2.24) is 15.0 Å². The molecule has 5 nitrogen and oxygen atoms in total. The van der Waals surface area contributed by atoms with Crippen molar-refractivity contribution in [3.05, 3.63) is 48.0 Å². The van der Waals surface area contributed by atoms with Crippen LogP contribution < -0.4 is 4.74 Å². The molecule has 0 bridgehead atoms. The fraction of sp³-hybridized carbons (Fsp3) is 0.0909. The van der Waals surface area contributed by atoms with Crippen molar-refractivity contribution in [3.8, 4) is 6.01 Å². The monoisotopic (exact) mass is 215 g/mol. The lowest BCUT2D eigenvalue weighted by molar-refractivity contribution is 0.0718. The molecular weight excluding hydrogens is 206 g/mol. The highest BCUT2D eigenvalue weighted by Gasteiger charge is 2.11. The predicted molar refractivity (Wildman–Crippen MR) is 56.0 cm³/mol. The van der Waals surface area contributed by atoms with Crippen LogP contribution in [0.2, 0.25) is 0 Å². The summed E-state index contributed by atoms with van der Waals surface area (Å²) in [6, 6.07) is 7.16. The number of hydrogen-bond acceptors (Lipinski definition) is 5. The van der Waals surface area contributed by atoms with Gasteiger partial charge in [0.1, 0.15) is 12.7 Å². The van der Waals surface area contributed by atoms with Gasteiger partial charge in [0.05, 0.1) is 5.56 Å². The molecule has 80 valence electrons. The Morgan fingerprint density at radius 3 is 2.56 bits per heavy atom. The normalized spacial score (nSPS) is 9.81. The Morgan fingerprint density at radius 1 is 1.19 bits per heavy atom. The van der Waals surface area contributed by atoms with Gasteiger partial charge in [-0.25, -0.2) is 9.78 Å². The van der Waals surface area contributed by atoms with Crippen molar-refractivity contribution in [1.29, 1.82) is 0 Å². The van der Waals surface area contributed by atoms with Crippen molar-refractivity contribution in [2.45, 2.75) is 6.92 Å². The number of carbonyl (C=O) groups excluding carboxylic acids is 1. The lowest BCUT2D eigenvalue weighted by Gasteiger charge is -2.03. The largest absolute Gasteiger partial charge is 0.387 e. The SMILES string of the molecule is Cc1ccccc1C(=O)Oc1ncncn1. The molecule has 0 N–H and O–H groups in total. The molecule has 0 saturated heterocycles. The smallest absolute Gasteiger partial charge is 0.346 e. The van der Waals surface area contributed by atoms with Crippen LogP contribution >= 0.6 is 0 Å². The Bertz CT molecular complexity index is 500. The number of benzene rings is 1. The van der Waals surface area contributed by atoms with Crippen LogP contribution in [-0.2, 0) is 0 Å². The van der Waals surface area contributed by atoms with E-state index >= 15 is 0 Å². The van der Waals surface area contributed by atoms with Crippen LogP contribution in [0.1, 0.15) is 15.9 Å². The fourth-order valence-electron chi connectivity index (χ4n) is 1.22. The van der Waals surface area contributed by atoms with E-state index in [1.807, 2.05) is 19.1 Å². The first-order valence-corrected chi connectivity index (χ1v) is 4.67. The van der Waals surface area contributed by atoms with Gasteiger partial charge in [-0.2, -0.15) is 9.97 Å². The standard InChI is InChI=1S/C11H9N3O2/c1-8-4-2-3-5-9(8)10(15)16-11-13-6-12-7-14-11/h2-7H,1H3. The topological polar surface area (TPSA) is 65.0 Å². The van der Waals surface area contributed by atoms with E-state index in [1.54, 1.807) is 12.1 Å². The van der Waals surface area contributed by atoms with Gasteiger partial charge in [-0.05, 0) is 18.6 Å². The minimum Gasteiger partial charge on any atom is -0.387 e. The zero-order valence-electron chi connectivity index (χ0n) is 8.62. The molecule has 0 aliphatic carbocycles. The molecule has 0 fully saturated rings. The van der Waals surface area contributed by atoms with E-state index < -0.39 is 5.97 Å². The predicted octanol–water partition coefficient (Wildman–Crippen LogP) is 1.40. The third-order valence-electron chi connectivity index (χ3n) is 2.02. The number of aromatic nitrogens is 3. The van der Waals surface area contributed by atoms with Crippen molar-refractivity contribution in [2.24, 2.45) is 0 Å². The molecular formula is C11H9N3O2. The molecule has 0 atom stereocenters. The quantitative estimate of drug-likeness (QED) is 0.708. The Balaban J connectivity index is 2.19. The zero-order valence-corrected chi connectivity index (χ0v) is 8.62. The highest BCUT2D eigenvalue weighted by molar-refractivity contribution is 5.92. The van der Waals surface area contributed by atoms with Gasteiger partial charge in [0.2, 0.25) is 0 Å². The maximum atomic E-state index is 11.7. The second-order valence-corrected chi connectivity index (χ2v) is 3.13. The lowest BCUT2D eigenvalue weighted by Crippen LogP contribution is -2.11. The molecule has 0 amide bonds. The molecule has 0 aliphatic rings. The molecule has 1 aromatic heterocycles. The van der Waals surface area contributed by atoms with Gasteiger partial charge >= 0.3 is 12.0 Å². The summed E-state index contributed by atoms with van der Waals surface area (Å²) in [7, 11) is 0. The Kier molecular flexibility index (Phi) is 2.86. The summed E-state index contributed by atoms with van der Waals surface area (Å²) >= 11 is 0. The number of hydrogen-bond donors (Lipinski definition) is 0. The van der Waals surface area contributed by atoms with Crippen molar-refractivity contribution in [2.75, 3.05) is 0 Å². The third kappa shape index (κ3) is 2.20. The average molecular weight is 215 g/mol. The number of carbonyl (C=O) groups is 1. The number of nitrogens with zero attached hydrogens (tertiary/aromatic N) is 3. The number of rotatable bonds is 2. The summed E-state index contributed by atoms with van der Waals surface area (Å²) in [5.41, 5.74) is 1.35. The van der Waals surface area contributed by atoms with Gasteiger partial charge in [-0.1, -0.05) is 18.2 Å². The van der Waals surface area contributed by atoms with Crippen molar-refractivity contribution >= 4 is 5.97 Å². The Hall–Kier alpha value is -2.30. The Labute approximate surface area is 92.2 Å². The molecule has 0 spiro atoms. The van der Waals surface area contributed by atoms with E-state index in [2.05, 4.69) is 15.0 Å². The minimum atomic E-state index is -0.468. The van der Waals surface area contributed by atoms with Crippen LogP contribution in [0.3, 0.4) is 0 Å². The maximum absolute atomic E-state index is 11.7. The summed E-state index contributed by atoms with van der Waals surface area (Å²) in [6.45, 7) is 1.84. The van der Waals surface area contributed by atoms with Crippen LogP contribution in [0.25, 0.3) is 0 Å². The summed E-state index contributed by atoms with van der Waals surface area (Å²) < 4.78 is 4.98. The van der Waals surface area contributed by atoms with E-state index in [-0.39, 0.29) is 6.01 Å². The molecule has 0 aliphatic heterocycles. The molecule has 1 heterocycles. The molecule has 16 heavy (non-hydrogen) atoms. The zero-order chi connectivity index (χ0) is 11.4. The number of aryl methyl sites for hydroxylation is 1. The number of esters is 1. The van der Waals surface area contributed by atoms with E-state index in [1.165, 1.54) is 12.7 Å². The molecule has 0 saturated carbocycles. The van der Waals surface area contributed by atoms with E-state index in [0.29, 0.717) is 5.56 Å². The molecule has 0 radical (unpaired) electrons. The lowest BCUT2D eigenvalue weighted by atomic mass is 10.1. The van der Waals surface area contributed by atoms with Gasteiger partial charge in [0, 0.05) is 0 Å². The minimum absolute atomic E-state index is 0.00301. The van der Waals surface area contributed by atoms with Gasteiger partial charge < -0.3 is 4.74 Å². The first-order chi connectivity index (χ1) is 7.77. The highest BCUT2D eigenvalue weighted by Crippen LogP contribution is 2.09. The van der Waals surface area contributed by atoms with Gasteiger partial charge in [0.15, 0.2) is 0 Å². The second kappa shape index (κ2) is 4.48.